The van der Waals surface area contributed by atoms with Gasteiger partial charge in [-0.1, -0.05) is 13.8 Å². The van der Waals surface area contributed by atoms with Gasteiger partial charge in [-0.2, -0.15) is 5.10 Å². The third-order valence-electron chi connectivity index (χ3n) is 3.15. The highest BCUT2D eigenvalue weighted by Crippen LogP contribution is 2.13. The Hall–Kier alpha value is -1.40. The SMILES string of the molecule is CCc1nn(C)cc1C(=O)NC(CC)(CO)CO. The summed E-state index contributed by atoms with van der Waals surface area (Å²) >= 11 is 0. The van der Waals surface area contributed by atoms with E-state index >= 15 is 0 Å². The van der Waals surface area contributed by atoms with Gasteiger partial charge in [-0.3, -0.25) is 9.48 Å². The molecule has 0 fully saturated rings. The highest BCUT2D eigenvalue weighted by Gasteiger charge is 2.30. The first-order valence-electron chi connectivity index (χ1n) is 6.08. The number of aryl methyl sites for hydroxylation is 2. The van der Waals surface area contributed by atoms with E-state index in [2.05, 4.69) is 10.4 Å². The lowest BCUT2D eigenvalue weighted by atomic mass is 9.98. The van der Waals surface area contributed by atoms with Gasteiger partial charge in [0.25, 0.3) is 5.91 Å². The number of hydrogen-bond donors (Lipinski definition) is 3. The molecule has 18 heavy (non-hydrogen) atoms. The summed E-state index contributed by atoms with van der Waals surface area (Å²) in [4.78, 5) is 12.1. The number of rotatable bonds is 6. The zero-order chi connectivity index (χ0) is 13.8. The lowest BCUT2D eigenvalue weighted by Gasteiger charge is -2.29. The van der Waals surface area contributed by atoms with Crippen molar-refractivity contribution in [1.82, 2.24) is 15.1 Å². The molecule has 0 aliphatic carbocycles. The third kappa shape index (κ3) is 2.88. The number of aliphatic hydroxyl groups excluding tert-OH is 2. The number of nitrogens with zero attached hydrogens (tertiary/aromatic N) is 2. The highest BCUT2D eigenvalue weighted by atomic mass is 16.3. The fourth-order valence-corrected chi connectivity index (χ4v) is 1.73. The van der Waals surface area contributed by atoms with E-state index in [1.165, 1.54) is 0 Å². The van der Waals surface area contributed by atoms with Crippen LogP contribution in [-0.2, 0) is 13.5 Å². The summed E-state index contributed by atoms with van der Waals surface area (Å²) in [5.41, 5.74) is 0.216. The van der Waals surface area contributed by atoms with Crippen molar-refractivity contribution in [2.75, 3.05) is 13.2 Å². The van der Waals surface area contributed by atoms with E-state index in [1.54, 1.807) is 24.9 Å². The summed E-state index contributed by atoms with van der Waals surface area (Å²) in [6, 6.07) is 0. The van der Waals surface area contributed by atoms with Gasteiger partial charge in [0, 0.05) is 13.2 Å². The highest BCUT2D eigenvalue weighted by molar-refractivity contribution is 5.95. The van der Waals surface area contributed by atoms with Crippen molar-refractivity contribution >= 4 is 5.91 Å². The molecule has 6 nitrogen and oxygen atoms in total. The molecule has 6 heteroatoms. The van der Waals surface area contributed by atoms with Crippen LogP contribution in [-0.4, -0.2) is 44.7 Å². The molecule has 0 aliphatic heterocycles. The number of aromatic nitrogens is 2. The van der Waals surface area contributed by atoms with E-state index in [-0.39, 0.29) is 19.1 Å². The third-order valence-corrected chi connectivity index (χ3v) is 3.15. The van der Waals surface area contributed by atoms with Crippen molar-refractivity contribution in [2.45, 2.75) is 32.2 Å². The monoisotopic (exact) mass is 255 g/mol. The van der Waals surface area contributed by atoms with Gasteiger partial charge in [-0.05, 0) is 12.8 Å². The maximum atomic E-state index is 12.1. The summed E-state index contributed by atoms with van der Waals surface area (Å²) in [5, 5.41) is 25.5. The maximum Gasteiger partial charge on any atom is 0.255 e. The van der Waals surface area contributed by atoms with Crippen molar-refractivity contribution in [1.29, 1.82) is 0 Å². The van der Waals surface area contributed by atoms with E-state index in [0.717, 1.165) is 0 Å². The number of carbonyl (C=O) groups is 1. The average molecular weight is 255 g/mol. The molecular formula is C12H21N3O3. The molecule has 1 rings (SSSR count). The van der Waals surface area contributed by atoms with Gasteiger partial charge in [0.15, 0.2) is 0 Å². The molecule has 1 aromatic rings. The van der Waals surface area contributed by atoms with Crippen LogP contribution in [0.3, 0.4) is 0 Å². The Balaban J connectivity index is 2.93. The Bertz CT molecular complexity index is 402. The van der Waals surface area contributed by atoms with Crippen LogP contribution < -0.4 is 5.32 Å². The minimum absolute atomic E-state index is 0.298. The second-order valence-corrected chi connectivity index (χ2v) is 4.42. The summed E-state index contributed by atoms with van der Waals surface area (Å²) in [6.45, 7) is 3.13. The molecule has 3 N–H and O–H groups in total. The van der Waals surface area contributed by atoms with Crippen LogP contribution in [0.2, 0.25) is 0 Å². The van der Waals surface area contributed by atoms with E-state index in [4.69, 9.17) is 0 Å². The normalized spacial score (nSPS) is 11.6. The number of amides is 1. The second kappa shape index (κ2) is 5.97. The van der Waals surface area contributed by atoms with Gasteiger partial charge >= 0.3 is 0 Å². The standard InChI is InChI=1S/C12H21N3O3/c1-4-10-9(6-15(3)14-10)11(18)13-12(5-2,7-16)8-17/h6,16-17H,4-5,7-8H2,1-3H3,(H,13,18). The first-order valence-corrected chi connectivity index (χ1v) is 6.08. The zero-order valence-electron chi connectivity index (χ0n) is 11.1. The molecule has 1 heterocycles. The Morgan fingerprint density at radius 2 is 2.06 bits per heavy atom. The molecule has 0 aliphatic rings. The second-order valence-electron chi connectivity index (χ2n) is 4.42. The van der Waals surface area contributed by atoms with Crippen LogP contribution in [0, 0.1) is 0 Å². The van der Waals surface area contributed by atoms with E-state index < -0.39 is 5.54 Å². The molecule has 0 spiro atoms. The van der Waals surface area contributed by atoms with Gasteiger partial charge in [-0.25, -0.2) is 0 Å². The number of hydrogen-bond acceptors (Lipinski definition) is 4. The van der Waals surface area contributed by atoms with Crippen LogP contribution in [0.15, 0.2) is 6.20 Å². The molecule has 0 saturated heterocycles. The molecule has 0 bridgehead atoms. The van der Waals surface area contributed by atoms with E-state index in [9.17, 15) is 15.0 Å². The van der Waals surface area contributed by atoms with Crippen LogP contribution in [0.5, 0.6) is 0 Å². The van der Waals surface area contributed by atoms with Gasteiger partial charge in [0.05, 0.1) is 30.0 Å². The molecule has 1 amide bonds. The van der Waals surface area contributed by atoms with E-state index in [1.807, 2.05) is 6.92 Å². The molecule has 0 atom stereocenters. The van der Waals surface area contributed by atoms with Gasteiger partial charge in [0.1, 0.15) is 0 Å². The average Bonchev–Trinajstić information content (AvgIpc) is 2.77. The smallest absolute Gasteiger partial charge is 0.255 e. The predicted molar refractivity (Wildman–Crippen MR) is 67.2 cm³/mol. The molecular weight excluding hydrogens is 234 g/mol. The van der Waals surface area contributed by atoms with Crippen molar-refractivity contribution in [3.8, 4) is 0 Å². The number of aliphatic hydroxyl groups is 2. The van der Waals surface area contributed by atoms with E-state index in [0.29, 0.717) is 24.1 Å². The largest absolute Gasteiger partial charge is 0.394 e. The predicted octanol–water partition coefficient (Wildman–Crippen LogP) is -0.154. The van der Waals surface area contributed by atoms with Gasteiger partial charge in [-0.15, -0.1) is 0 Å². The summed E-state index contributed by atoms with van der Waals surface area (Å²) in [6.07, 6.45) is 2.75. The molecule has 0 aromatic carbocycles. The zero-order valence-corrected chi connectivity index (χ0v) is 11.1. The van der Waals surface area contributed by atoms with Crippen molar-refractivity contribution in [3.63, 3.8) is 0 Å². The fourth-order valence-electron chi connectivity index (χ4n) is 1.73. The number of carbonyl (C=O) groups excluding carboxylic acids is 1. The molecule has 0 unspecified atom stereocenters. The molecule has 0 radical (unpaired) electrons. The van der Waals surface area contributed by atoms with Crippen molar-refractivity contribution < 1.29 is 15.0 Å². The first kappa shape index (κ1) is 14.7. The molecule has 102 valence electrons. The Morgan fingerprint density at radius 3 is 2.50 bits per heavy atom. The Labute approximate surface area is 107 Å². The fraction of sp³-hybridized carbons (Fsp3) is 0.667. The van der Waals surface area contributed by atoms with Gasteiger partial charge < -0.3 is 15.5 Å². The molecule has 0 saturated carbocycles. The lowest BCUT2D eigenvalue weighted by molar-refractivity contribution is 0.0652. The topological polar surface area (TPSA) is 87.4 Å². The van der Waals surface area contributed by atoms with Crippen LogP contribution in [0.1, 0.15) is 36.3 Å². The first-order chi connectivity index (χ1) is 8.51. The Morgan fingerprint density at radius 1 is 1.44 bits per heavy atom. The maximum absolute atomic E-state index is 12.1. The quantitative estimate of drug-likeness (QED) is 0.659. The van der Waals surface area contributed by atoms with Crippen LogP contribution in [0.4, 0.5) is 0 Å². The summed E-state index contributed by atoms with van der Waals surface area (Å²) in [5.74, 6) is -0.315. The van der Waals surface area contributed by atoms with Crippen molar-refractivity contribution in [2.24, 2.45) is 7.05 Å². The van der Waals surface area contributed by atoms with Gasteiger partial charge in [0.2, 0.25) is 0 Å². The number of nitrogens with one attached hydrogen (secondary N) is 1. The lowest BCUT2D eigenvalue weighted by Crippen LogP contribution is -2.53. The summed E-state index contributed by atoms with van der Waals surface area (Å²) in [7, 11) is 1.75. The summed E-state index contributed by atoms with van der Waals surface area (Å²) < 4.78 is 1.58. The molecule has 1 aromatic heterocycles. The van der Waals surface area contributed by atoms with Crippen molar-refractivity contribution in [3.05, 3.63) is 17.5 Å². The van der Waals surface area contributed by atoms with Crippen LogP contribution in [0.25, 0.3) is 0 Å². The minimum atomic E-state index is -0.974. The van der Waals surface area contributed by atoms with Crippen LogP contribution >= 0.6 is 0 Å². The minimum Gasteiger partial charge on any atom is -0.394 e. The Kier molecular flexibility index (Phi) is 4.86.